The predicted molar refractivity (Wildman–Crippen MR) is 115 cm³/mol. The Morgan fingerprint density at radius 1 is 1.10 bits per heavy atom. The molecule has 5 nitrogen and oxygen atoms in total. The Labute approximate surface area is 173 Å². The molecule has 0 bridgehead atoms. The summed E-state index contributed by atoms with van der Waals surface area (Å²) in [5, 5.41) is 0. The number of benzene rings is 1. The third-order valence-corrected chi connectivity index (χ3v) is 5.70. The number of piperidine rings is 1. The normalized spacial score (nSPS) is 19.2. The van der Waals surface area contributed by atoms with Gasteiger partial charge in [0.1, 0.15) is 0 Å². The maximum Gasteiger partial charge on any atom is 0.339 e. The van der Waals surface area contributed by atoms with E-state index in [0.717, 1.165) is 30.0 Å². The number of aromatic nitrogens is 1. The van der Waals surface area contributed by atoms with Crippen LogP contribution >= 0.6 is 0 Å². The standard InChI is InChI=1S/C24H32N2O3/c1-5-29-24(28)21-14-22(20-9-7-6-8-10-20)26(19(21)4)12-11-23(27)25-15-17(2)13-18(3)16-25/h6-10,14,17-18H,5,11-13,15-16H2,1-4H3/t17-,18+. The number of hydrogen-bond donors (Lipinski definition) is 0. The lowest BCUT2D eigenvalue weighted by Crippen LogP contribution is -2.42. The van der Waals surface area contributed by atoms with Crippen molar-refractivity contribution in [1.82, 2.24) is 9.47 Å². The zero-order chi connectivity index (χ0) is 21.0. The van der Waals surface area contributed by atoms with Crippen molar-refractivity contribution < 1.29 is 14.3 Å². The lowest BCUT2D eigenvalue weighted by Gasteiger charge is -2.35. The van der Waals surface area contributed by atoms with E-state index >= 15 is 0 Å². The van der Waals surface area contributed by atoms with Crippen LogP contribution in [0.5, 0.6) is 0 Å². The Bertz CT molecular complexity index is 847. The Balaban J connectivity index is 1.83. The van der Waals surface area contributed by atoms with E-state index in [2.05, 4.69) is 18.4 Å². The van der Waals surface area contributed by atoms with E-state index in [1.807, 2.05) is 55.1 Å². The molecule has 2 atom stereocenters. The van der Waals surface area contributed by atoms with E-state index in [-0.39, 0.29) is 11.9 Å². The Kier molecular flexibility index (Phi) is 6.78. The molecule has 2 heterocycles. The van der Waals surface area contributed by atoms with Crippen molar-refractivity contribution in [2.45, 2.75) is 47.1 Å². The van der Waals surface area contributed by atoms with Crippen molar-refractivity contribution in [3.63, 3.8) is 0 Å². The van der Waals surface area contributed by atoms with E-state index in [9.17, 15) is 9.59 Å². The highest BCUT2D eigenvalue weighted by Crippen LogP contribution is 2.27. The summed E-state index contributed by atoms with van der Waals surface area (Å²) in [7, 11) is 0. The summed E-state index contributed by atoms with van der Waals surface area (Å²) in [5.74, 6) is 0.969. The molecule has 1 saturated heterocycles. The van der Waals surface area contributed by atoms with Gasteiger partial charge in [0.2, 0.25) is 5.91 Å². The number of carbonyl (C=O) groups is 2. The summed E-state index contributed by atoms with van der Waals surface area (Å²) in [4.78, 5) is 27.3. The molecule has 0 aliphatic carbocycles. The number of ether oxygens (including phenoxy) is 1. The average Bonchev–Trinajstić information content (AvgIpc) is 3.02. The first kappa shape index (κ1) is 21.2. The van der Waals surface area contributed by atoms with Gasteiger partial charge in [0.15, 0.2) is 0 Å². The van der Waals surface area contributed by atoms with Crippen molar-refractivity contribution in [2.75, 3.05) is 19.7 Å². The molecule has 29 heavy (non-hydrogen) atoms. The summed E-state index contributed by atoms with van der Waals surface area (Å²) in [6.45, 7) is 10.7. The van der Waals surface area contributed by atoms with Crippen molar-refractivity contribution in [3.05, 3.63) is 47.7 Å². The summed E-state index contributed by atoms with van der Waals surface area (Å²) in [5.41, 5.74) is 3.38. The van der Waals surface area contributed by atoms with Crippen LogP contribution in [0, 0.1) is 18.8 Å². The maximum absolute atomic E-state index is 12.9. The zero-order valence-electron chi connectivity index (χ0n) is 18.0. The summed E-state index contributed by atoms with van der Waals surface area (Å²) < 4.78 is 7.31. The molecule has 0 saturated carbocycles. The van der Waals surface area contributed by atoms with E-state index in [0.29, 0.717) is 37.0 Å². The number of rotatable bonds is 6. The van der Waals surface area contributed by atoms with Gasteiger partial charge in [-0.05, 0) is 43.7 Å². The Morgan fingerprint density at radius 3 is 2.38 bits per heavy atom. The van der Waals surface area contributed by atoms with Crippen molar-refractivity contribution >= 4 is 11.9 Å². The first-order chi connectivity index (χ1) is 13.9. The molecule has 156 valence electrons. The zero-order valence-corrected chi connectivity index (χ0v) is 18.0. The SMILES string of the molecule is CCOC(=O)c1cc(-c2ccccc2)n(CCC(=O)N2C[C@H](C)C[C@H](C)C2)c1C. The molecule has 1 aliphatic heterocycles. The largest absolute Gasteiger partial charge is 0.462 e. The van der Waals surface area contributed by atoms with E-state index < -0.39 is 0 Å². The molecule has 0 radical (unpaired) electrons. The van der Waals surface area contributed by atoms with Crippen molar-refractivity contribution in [2.24, 2.45) is 11.8 Å². The second-order valence-corrected chi connectivity index (χ2v) is 8.26. The fourth-order valence-corrected chi connectivity index (χ4v) is 4.43. The molecule has 5 heteroatoms. The van der Waals surface area contributed by atoms with Crippen molar-refractivity contribution in [1.29, 1.82) is 0 Å². The quantitative estimate of drug-likeness (QED) is 0.674. The van der Waals surface area contributed by atoms with Crippen LogP contribution in [0.1, 0.15) is 49.7 Å². The first-order valence-electron chi connectivity index (χ1n) is 10.6. The van der Waals surface area contributed by atoms with Gasteiger partial charge in [-0.2, -0.15) is 0 Å². The van der Waals surface area contributed by atoms with Gasteiger partial charge in [-0.25, -0.2) is 4.79 Å². The number of esters is 1. The highest BCUT2D eigenvalue weighted by molar-refractivity contribution is 5.92. The highest BCUT2D eigenvalue weighted by Gasteiger charge is 2.26. The molecule has 1 aromatic heterocycles. The number of nitrogens with zero attached hydrogens (tertiary/aromatic N) is 2. The molecule has 3 rings (SSSR count). The van der Waals surface area contributed by atoms with Crippen LogP contribution < -0.4 is 0 Å². The molecule has 1 aliphatic rings. The molecule has 2 aromatic rings. The summed E-state index contributed by atoms with van der Waals surface area (Å²) in [6, 6.07) is 11.9. The number of carbonyl (C=O) groups excluding carboxylic acids is 2. The number of hydrogen-bond acceptors (Lipinski definition) is 3. The monoisotopic (exact) mass is 396 g/mol. The molecular weight excluding hydrogens is 364 g/mol. The second-order valence-electron chi connectivity index (χ2n) is 8.26. The van der Waals surface area contributed by atoms with E-state index in [1.54, 1.807) is 0 Å². The molecule has 1 fully saturated rings. The minimum atomic E-state index is -0.314. The van der Waals surface area contributed by atoms with Gasteiger partial charge in [0.05, 0.1) is 12.2 Å². The third-order valence-electron chi connectivity index (χ3n) is 5.70. The topological polar surface area (TPSA) is 51.5 Å². The number of amides is 1. The molecule has 0 N–H and O–H groups in total. The van der Waals surface area contributed by atoms with Crippen LogP contribution in [0.15, 0.2) is 36.4 Å². The molecule has 1 aromatic carbocycles. The van der Waals surface area contributed by atoms with Gasteiger partial charge >= 0.3 is 5.97 Å². The van der Waals surface area contributed by atoms with Gasteiger partial charge in [0, 0.05) is 37.4 Å². The predicted octanol–water partition coefficient (Wildman–Crippen LogP) is 4.53. The second kappa shape index (κ2) is 9.29. The summed E-state index contributed by atoms with van der Waals surface area (Å²) in [6.07, 6.45) is 1.61. The average molecular weight is 397 g/mol. The van der Waals surface area contributed by atoms with E-state index in [1.165, 1.54) is 6.42 Å². The molecule has 0 spiro atoms. The highest BCUT2D eigenvalue weighted by atomic mass is 16.5. The van der Waals surface area contributed by atoms with Crippen LogP contribution in [-0.2, 0) is 16.1 Å². The molecule has 1 amide bonds. The fraction of sp³-hybridized carbons (Fsp3) is 0.500. The number of likely N-dealkylation sites (tertiary alicyclic amines) is 1. The van der Waals surface area contributed by atoms with Crippen molar-refractivity contribution in [3.8, 4) is 11.3 Å². The Hall–Kier alpha value is -2.56. The fourth-order valence-electron chi connectivity index (χ4n) is 4.43. The summed E-state index contributed by atoms with van der Waals surface area (Å²) >= 11 is 0. The van der Waals surface area contributed by atoms with Crippen LogP contribution in [0.2, 0.25) is 0 Å². The Morgan fingerprint density at radius 2 is 1.76 bits per heavy atom. The van der Waals surface area contributed by atoms with Gasteiger partial charge in [-0.1, -0.05) is 44.2 Å². The maximum atomic E-state index is 12.9. The lowest BCUT2D eigenvalue weighted by atomic mass is 9.92. The smallest absolute Gasteiger partial charge is 0.339 e. The third kappa shape index (κ3) is 4.89. The van der Waals surface area contributed by atoms with Crippen LogP contribution in [-0.4, -0.2) is 41.0 Å². The van der Waals surface area contributed by atoms with Gasteiger partial charge < -0.3 is 14.2 Å². The van der Waals surface area contributed by atoms with Gasteiger partial charge in [-0.15, -0.1) is 0 Å². The lowest BCUT2D eigenvalue weighted by molar-refractivity contribution is -0.134. The molecular formula is C24H32N2O3. The minimum absolute atomic E-state index is 0.188. The van der Waals surface area contributed by atoms with Gasteiger partial charge in [0.25, 0.3) is 0 Å². The van der Waals surface area contributed by atoms with Crippen LogP contribution in [0.25, 0.3) is 11.3 Å². The van der Waals surface area contributed by atoms with Crippen LogP contribution in [0.4, 0.5) is 0 Å². The van der Waals surface area contributed by atoms with Crippen LogP contribution in [0.3, 0.4) is 0 Å². The van der Waals surface area contributed by atoms with E-state index in [4.69, 9.17) is 4.74 Å². The first-order valence-corrected chi connectivity index (χ1v) is 10.6. The van der Waals surface area contributed by atoms with Gasteiger partial charge in [-0.3, -0.25) is 4.79 Å². The molecule has 0 unspecified atom stereocenters. The minimum Gasteiger partial charge on any atom is -0.462 e.